The molecule has 1 aromatic rings. The van der Waals surface area contributed by atoms with Gasteiger partial charge in [0.15, 0.2) is 0 Å². The molecule has 0 spiro atoms. The standard InChI is InChI=1S/C11H16BrN3O3/c1-13(9(16)4-5-12)6-8-7-14(2)11(18)15(3)10(8)17/h7H,4-6H2,1-3H3. The first-order valence-corrected chi connectivity index (χ1v) is 6.56. The second kappa shape index (κ2) is 5.99. The number of aryl methyl sites for hydroxylation is 1. The molecule has 18 heavy (non-hydrogen) atoms. The highest BCUT2D eigenvalue weighted by Crippen LogP contribution is 2.00. The fourth-order valence-electron chi connectivity index (χ4n) is 1.61. The lowest BCUT2D eigenvalue weighted by molar-refractivity contribution is -0.129. The van der Waals surface area contributed by atoms with E-state index >= 15 is 0 Å². The van der Waals surface area contributed by atoms with Gasteiger partial charge in [0.1, 0.15) is 0 Å². The van der Waals surface area contributed by atoms with Gasteiger partial charge in [-0.25, -0.2) is 4.79 Å². The molecule has 7 heteroatoms. The van der Waals surface area contributed by atoms with E-state index in [2.05, 4.69) is 15.9 Å². The van der Waals surface area contributed by atoms with Crippen LogP contribution >= 0.6 is 15.9 Å². The maximum atomic E-state index is 11.9. The van der Waals surface area contributed by atoms with Crippen LogP contribution < -0.4 is 11.2 Å². The van der Waals surface area contributed by atoms with Gasteiger partial charge in [-0.05, 0) is 0 Å². The molecular formula is C11H16BrN3O3. The summed E-state index contributed by atoms with van der Waals surface area (Å²) in [5.74, 6) is -0.0530. The van der Waals surface area contributed by atoms with Crippen LogP contribution in [-0.4, -0.2) is 32.3 Å². The van der Waals surface area contributed by atoms with Crippen molar-refractivity contribution in [1.29, 1.82) is 0 Å². The van der Waals surface area contributed by atoms with Crippen molar-refractivity contribution in [2.75, 3.05) is 12.4 Å². The van der Waals surface area contributed by atoms with Crippen molar-refractivity contribution in [2.24, 2.45) is 14.1 Å². The van der Waals surface area contributed by atoms with E-state index < -0.39 is 0 Å². The predicted octanol–water partition coefficient (Wildman–Crippen LogP) is -0.173. The van der Waals surface area contributed by atoms with Gasteiger partial charge in [-0.1, -0.05) is 15.9 Å². The fourth-order valence-corrected chi connectivity index (χ4v) is 1.95. The second-order valence-electron chi connectivity index (χ2n) is 4.10. The van der Waals surface area contributed by atoms with Crippen molar-refractivity contribution >= 4 is 21.8 Å². The molecule has 0 saturated carbocycles. The summed E-state index contributed by atoms with van der Waals surface area (Å²) in [5.41, 5.74) is -0.320. The van der Waals surface area contributed by atoms with Crippen molar-refractivity contribution in [3.63, 3.8) is 0 Å². The van der Waals surface area contributed by atoms with Crippen molar-refractivity contribution < 1.29 is 4.79 Å². The SMILES string of the molecule is CN(Cc1cn(C)c(=O)n(C)c1=O)C(=O)CCBr. The summed E-state index contributed by atoms with van der Waals surface area (Å²) >= 11 is 3.19. The quantitative estimate of drug-likeness (QED) is 0.724. The number of carbonyl (C=O) groups excluding carboxylic acids is 1. The Hall–Kier alpha value is -1.37. The Morgan fingerprint density at radius 3 is 2.56 bits per heavy atom. The first-order valence-electron chi connectivity index (χ1n) is 5.44. The molecule has 1 rings (SSSR count). The maximum absolute atomic E-state index is 11.9. The summed E-state index contributed by atoms with van der Waals surface area (Å²) in [5, 5.41) is 0.585. The second-order valence-corrected chi connectivity index (χ2v) is 4.89. The zero-order valence-electron chi connectivity index (χ0n) is 10.6. The van der Waals surface area contributed by atoms with Gasteiger partial charge in [0, 0.05) is 39.1 Å². The largest absolute Gasteiger partial charge is 0.341 e. The lowest BCUT2D eigenvalue weighted by Gasteiger charge is -2.17. The van der Waals surface area contributed by atoms with Gasteiger partial charge in [0.05, 0.1) is 12.1 Å². The summed E-state index contributed by atoms with van der Waals surface area (Å²) in [6.07, 6.45) is 1.85. The molecule has 0 radical (unpaired) electrons. The van der Waals surface area contributed by atoms with Gasteiger partial charge < -0.3 is 9.47 Å². The minimum absolute atomic E-state index is 0.0530. The zero-order valence-corrected chi connectivity index (χ0v) is 12.2. The average molecular weight is 318 g/mol. The Labute approximate surface area is 113 Å². The van der Waals surface area contributed by atoms with Gasteiger partial charge in [-0.15, -0.1) is 0 Å². The van der Waals surface area contributed by atoms with Gasteiger partial charge in [-0.2, -0.15) is 0 Å². The molecule has 100 valence electrons. The maximum Gasteiger partial charge on any atom is 0.330 e. The molecule has 0 unspecified atom stereocenters. The van der Waals surface area contributed by atoms with E-state index in [4.69, 9.17) is 0 Å². The molecule has 0 bridgehead atoms. The van der Waals surface area contributed by atoms with E-state index in [1.165, 1.54) is 22.7 Å². The molecule has 0 aliphatic heterocycles. The predicted molar refractivity (Wildman–Crippen MR) is 71.8 cm³/mol. The highest BCUT2D eigenvalue weighted by atomic mass is 79.9. The normalized spacial score (nSPS) is 10.4. The number of hydrogen-bond donors (Lipinski definition) is 0. The van der Waals surface area contributed by atoms with Gasteiger partial charge >= 0.3 is 5.69 Å². The summed E-state index contributed by atoms with van der Waals surface area (Å²) < 4.78 is 2.37. The molecule has 0 aliphatic carbocycles. The summed E-state index contributed by atoms with van der Waals surface area (Å²) in [4.78, 5) is 36.5. The minimum atomic E-state index is -0.377. The van der Waals surface area contributed by atoms with Crippen molar-refractivity contribution in [1.82, 2.24) is 14.0 Å². The molecule has 0 aromatic carbocycles. The molecule has 1 amide bonds. The number of alkyl halides is 1. The summed E-state index contributed by atoms with van der Waals surface area (Å²) in [7, 11) is 4.63. The fraction of sp³-hybridized carbons (Fsp3) is 0.545. The lowest BCUT2D eigenvalue weighted by atomic mass is 10.3. The Kier molecular flexibility index (Phi) is 4.89. The molecule has 6 nitrogen and oxygen atoms in total. The average Bonchev–Trinajstić information content (AvgIpc) is 2.33. The number of carbonyl (C=O) groups is 1. The highest BCUT2D eigenvalue weighted by molar-refractivity contribution is 9.09. The van der Waals surface area contributed by atoms with Gasteiger partial charge in [0.2, 0.25) is 5.91 Å². The van der Waals surface area contributed by atoms with E-state index in [0.717, 1.165) is 4.57 Å². The number of aromatic nitrogens is 2. The van der Waals surface area contributed by atoms with Crippen LogP contribution in [0.5, 0.6) is 0 Å². The summed E-state index contributed by atoms with van der Waals surface area (Å²) in [6.45, 7) is 0.201. The van der Waals surface area contributed by atoms with E-state index in [9.17, 15) is 14.4 Å². The highest BCUT2D eigenvalue weighted by Gasteiger charge is 2.12. The minimum Gasteiger partial charge on any atom is -0.341 e. The van der Waals surface area contributed by atoms with Crippen molar-refractivity contribution in [2.45, 2.75) is 13.0 Å². The van der Waals surface area contributed by atoms with Crippen LogP contribution in [0, 0.1) is 0 Å². The molecule has 0 fully saturated rings. The third kappa shape index (κ3) is 3.10. The lowest BCUT2D eigenvalue weighted by Crippen LogP contribution is -2.40. The van der Waals surface area contributed by atoms with E-state index in [0.29, 0.717) is 17.3 Å². The molecule has 0 aliphatic rings. The van der Waals surface area contributed by atoms with Gasteiger partial charge in [-0.3, -0.25) is 14.2 Å². The molecule has 0 N–H and O–H groups in total. The number of nitrogens with zero attached hydrogens (tertiary/aromatic N) is 3. The monoisotopic (exact) mass is 317 g/mol. The van der Waals surface area contributed by atoms with Crippen LogP contribution in [0.3, 0.4) is 0 Å². The van der Waals surface area contributed by atoms with Crippen molar-refractivity contribution in [3.05, 3.63) is 32.6 Å². The Balaban J connectivity index is 3.03. The van der Waals surface area contributed by atoms with Crippen LogP contribution in [0.2, 0.25) is 0 Å². The van der Waals surface area contributed by atoms with Crippen LogP contribution in [0.1, 0.15) is 12.0 Å². The first-order chi connectivity index (χ1) is 8.38. The zero-order chi connectivity index (χ0) is 13.9. The van der Waals surface area contributed by atoms with E-state index in [1.54, 1.807) is 14.1 Å². The summed E-state index contributed by atoms with van der Waals surface area (Å²) in [6, 6.07) is 0. The molecule has 1 heterocycles. The number of halogens is 1. The van der Waals surface area contributed by atoms with Gasteiger partial charge in [0.25, 0.3) is 5.56 Å². The van der Waals surface area contributed by atoms with Crippen molar-refractivity contribution in [3.8, 4) is 0 Å². The Morgan fingerprint density at radius 1 is 1.39 bits per heavy atom. The molecule has 0 atom stereocenters. The van der Waals surface area contributed by atoms with E-state index in [-0.39, 0.29) is 23.7 Å². The topological polar surface area (TPSA) is 64.3 Å². The van der Waals surface area contributed by atoms with Crippen LogP contribution in [-0.2, 0) is 25.4 Å². The Bertz CT molecular complexity index is 562. The number of amides is 1. The molecule has 1 aromatic heterocycles. The third-order valence-electron chi connectivity index (χ3n) is 2.66. The van der Waals surface area contributed by atoms with E-state index in [1.807, 2.05) is 0 Å². The molecular weight excluding hydrogens is 302 g/mol. The van der Waals surface area contributed by atoms with Crippen LogP contribution in [0.15, 0.2) is 15.8 Å². The Morgan fingerprint density at radius 2 is 2.00 bits per heavy atom. The smallest absolute Gasteiger partial charge is 0.330 e. The van der Waals surface area contributed by atoms with Crippen LogP contribution in [0.25, 0.3) is 0 Å². The number of hydrogen-bond acceptors (Lipinski definition) is 3. The first kappa shape index (κ1) is 14.7. The number of rotatable bonds is 4. The molecule has 0 saturated heterocycles. The third-order valence-corrected chi connectivity index (χ3v) is 3.06. The van der Waals surface area contributed by atoms with Crippen LogP contribution in [0.4, 0.5) is 0 Å².